The third-order valence-corrected chi connectivity index (χ3v) is 3.71. The van der Waals surface area contributed by atoms with Crippen LogP contribution in [0.1, 0.15) is 6.42 Å². The fraction of sp³-hybridized carbons (Fsp3) is 0.273. The van der Waals surface area contributed by atoms with Crippen LogP contribution in [0, 0.1) is 11.3 Å². The van der Waals surface area contributed by atoms with E-state index in [9.17, 15) is 13.2 Å². The topological polar surface area (TPSA) is 84.2 Å². The van der Waals surface area contributed by atoms with Gasteiger partial charge >= 0.3 is 5.97 Å². The lowest BCUT2D eigenvalue weighted by Gasteiger charge is -2.03. The number of esters is 1. The number of carbonyl (C=O) groups is 1. The van der Waals surface area contributed by atoms with Gasteiger partial charge in [0.25, 0.3) is 0 Å². The molecule has 0 amide bonds. The summed E-state index contributed by atoms with van der Waals surface area (Å²) in [4.78, 5) is 11.2. The number of hydrogen-bond donors (Lipinski definition) is 0. The normalized spacial score (nSPS) is 10.5. The van der Waals surface area contributed by atoms with Gasteiger partial charge in [0.1, 0.15) is 6.07 Å². The summed E-state index contributed by atoms with van der Waals surface area (Å²) in [6.45, 7) is -0.357. The summed E-state index contributed by atoms with van der Waals surface area (Å²) in [6.07, 6.45) is -0.251. The maximum Gasteiger partial charge on any atom is 0.307 e. The van der Waals surface area contributed by atoms with Crippen molar-refractivity contribution in [1.29, 1.82) is 5.26 Å². The van der Waals surface area contributed by atoms with Crippen molar-refractivity contribution in [2.45, 2.75) is 11.3 Å². The van der Waals surface area contributed by atoms with Crippen molar-refractivity contribution in [1.82, 2.24) is 0 Å². The van der Waals surface area contributed by atoms with Gasteiger partial charge < -0.3 is 4.74 Å². The Hall–Kier alpha value is -1.87. The van der Waals surface area contributed by atoms with E-state index >= 15 is 0 Å². The number of nitriles is 1. The van der Waals surface area contributed by atoms with E-state index in [0.717, 1.165) is 0 Å². The number of rotatable bonds is 5. The zero-order chi connectivity index (χ0) is 12.7. The molecule has 0 aliphatic carbocycles. The molecule has 0 fully saturated rings. The number of carbonyl (C=O) groups excluding carboxylic acids is 1. The first kappa shape index (κ1) is 13.2. The molecular formula is C11H11NO4S. The van der Waals surface area contributed by atoms with Crippen LogP contribution in [-0.2, 0) is 19.4 Å². The van der Waals surface area contributed by atoms with Gasteiger partial charge in [-0.15, -0.1) is 0 Å². The third kappa shape index (κ3) is 4.25. The van der Waals surface area contributed by atoms with Crippen LogP contribution in [0.4, 0.5) is 0 Å². The van der Waals surface area contributed by atoms with Gasteiger partial charge in [-0.05, 0) is 12.1 Å². The molecule has 0 aliphatic heterocycles. The zero-order valence-corrected chi connectivity index (χ0v) is 9.81. The highest BCUT2D eigenvalue weighted by molar-refractivity contribution is 7.91. The van der Waals surface area contributed by atoms with Gasteiger partial charge in [-0.3, -0.25) is 4.79 Å². The van der Waals surface area contributed by atoms with Gasteiger partial charge in [0, 0.05) is 0 Å². The summed E-state index contributed by atoms with van der Waals surface area (Å²) in [6, 6.07) is 9.50. The molecule has 90 valence electrons. The molecule has 0 N–H and O–H groups in total. The number of nitrogens with zero attached hydrogens (tertiary/aromatic N) is 1. The summed E-state index contributed by atoms with van der Waals surface area (Å²) in [5.74, 6) is -1.01. The molecule has 1 aromatic carbocycles. The number of sulfone groups is 1. The molecule has 0 heterocycles. The van der Waals surface area contributed by atoms with Gasteiger partial charge in [0.15, 0.2) is 16.4 Å². The minimum absolute atomic E-state index is 0.174. The van der Waals surface area contributed by atoms with Crippen molar-refractivity contribution in [3.05, 3.63) is 30.3 Å². The summed E-state index contributed by atoms with van der Waals surface area (Å²) in [5.41, 5.74) is 0. The molecule has 0 aromatic heterocycles. The maximum absolute atomic E-state index is 11.7. The fourth-order valence-electron chi connectivity index (χ4n) is 1.15. The molecule has 0 unspecified atom stereocenters. The Morgan fingerprint density at radius 1 is 1.29 bits per heavy atom. The molecule has 0 saturated heterocycles. The van der Waals surface area contributed by atoms with Crippen molar-refractivity contribution < 1.29 is 17.9 Å². The quantitative estimate of drug-likeness (QED) is 0.728. The molecule has 1 aromatic rings. The van der Waals surface area contributed by atoms with Crippen LogP contribution >= 0.6 is 0 Å². The van der Waals surface area contributed by atoms with E-state index in [4.69, 9.17) is 5.26 Å². The summed E-state index contributed by atoms with van der Waals surface area (Å²) < 4.78 is 27.9. The van der Waals surface area contributed by atoms with Crippen molar-refractivity contribution >= 4 is 15.8 Å². The Kier molecular flexibility index (Phi) is 4.67. The molecule has 0 aliphatic rings. The highest BCUT2D eigenvalue weighted by atomic mass is 32.2. The molecule has 0 spiro atoms. The first-order valence-electron chi connectivity index (χ1n) is 4.86. The van der Waals surface area contributed by atoms with Gasteiger partial charge in [0.2, 0.25) is 0 Å². The highest BCUT2D eigenvalue weighted by Crippen LogP contribution is 2.11. The van der Waals surface area contributed by atoms with Gasteiger partial charge in [-0.2, -0.15) is 5.26 Å². The SMILES string of the molecule is N#CCOC(=O)CCS(=O)(=O)c1ccccc1. The lowest BCUT2D eigenvalue weighted by atomic mass is 10.4. The van der Waals surface area contributed by atoms with E-state index in [1.165, 1.54) is 12.1 Å². The van der Waals surface area contributed by atoms with Crippen molar-refractivity contribution in [3.63, 3.8) is 0 Å². The minimum Gasteiger partial charge on any atom is -0.450 e. The van der Waals surface area contributed by atoms with Crippen molar-refractivity contribution in [2.75, 3.05) is 12.4 Å². The summed E-state index contributed by atoms with van der Waals surface area (Å²) in [5, 5.41) is 8.18. The fourth-order valence-corrected chi connectivity index (χ4v) is 2.39. The van der Waals surface area contributed by atoms with Gasteiger partial charge in [-0.25, -0.2) is 8.42 Å². The monoisotopic (exact) mass is 253 g/mol. The molecule has 6 heteroatoms. The number of benzene rings is 1. The predicted octanol–water partition coefficient (Wildman–Crippen LogP) is 0.917. The van der Waals surface area contributed by atoms with Crippen LogP contribution in [0.25, 0.3) is 0 Å². The Morgan fingerprint density at radius 3 is 2.53 bits per heavy atom. The van der Waals surface area contributed by atoms with E-state index in [0.29, 0.717) is 0 Å². The van der Waals surface area contributed by atoms with Gasteiger partial charge in [-0.1, -0.05) is 18.2 Å². The third-order valence-electron chi connectivity index (χ3n) is 1.97. The first-order chi connectivity index (χ1) is 8.06. The predicted molar refractivity (Wildman–Crippen MR) is 59.7 cm³/mol. The average molecular weight is 253 g/mol. The number of hydrogen-bond acceptors (Lipinski definition) is 5. The van der Waals surface area contributed by atoms with E-state index in [-0.39, 0.29) is 23.7 Å². The largest absolute Gasteiger partial charge is 0.450 e. The first-order valence-corrected chi connectivity index (χ1v) is 6.52. The zero-order valence-electron chi connectivity index (χ0n) is 9.00. The smallest absolute Gasteiger partial charge is 0.307 e. The van der Waals surface area contributed by atoms with Crippen LogP contribution in [0.3, 0.4) is 0 Å². The van der Waals surface area contributed by atoms with Crippen LogP contribution in [0.2, 0.25) is 0 Å². The lowest BCUT2D eigenvalue weighted by molar-refractivity contribution is -0.141. The molecule has 5 nitrogen and oxygen atoms in total. The van der Waals surface area contributed by atoms with Crippen molar-refractivity contribution in [3.8, 4) is 6.07 Å². The van der Waals surface area contributed by atoms with Crippen LogP contribution < -0.4 is 0 Å². The maximum atomic E-state index is 11.7. The van der Waals surface area contributed by atoms with Crippen LogP contribution in [0.15, 0.2) is 35.2 Å². The summed E-state index contributed by atoms with van der Waals surface area (Å²) in [7, 11) is -3.46. The molecule has 0 saturated carbocycles. The Labute approximate surface area is 99.5 Å². The highest BCUT2D eigenvalue weighted by Gasteiger charge is 2.16. The lowest BCUT2D eigenvalue weighted by Crippen LogP contribution is -2.13. The van der Waals surface area contributed by atoms with Crippen LogP contribution in [0.5, 0.6) is 0 Å². The van der Waals surface area contributed by atoms with E-state index in [2.05, 4.69) is 4.74 Å². The molecular weight excluding hydrogens is 242 g/mol. The second-order valence-electron chi connectivity index (χ2n) is 3.20. The second-order valence-corrected chi connectivity index (χ2v) is 5.31. The van der Waals surface area contributed by atoms with E-state index in [1.807, 2.05) is 0 Å². The molecule has 0 radical (unpaired) electrons. The average Bonchev–Trinajstić information content (AvgIpc) is 2.35. The van der Waals surface area contributed by atoms with Gasteiger partial charge in [0.05, 0.1) is 17.1 Å². The Bertz CT molecular complexity index is 516. The second kappa shape index (κ2) is 6.01. The minimum atomic E-state index is -3.46. The van der Waals surface area contributed by atoms with E-state index < -0.39 is 15.8 Å². The summed E-state index contributed by atoms with van der Waals surface area (Å²) >= 11 is 0. The molecule has 0 atom stereocenters. The Balaban J connectivity index is 2.58. The molecule has 17 heavy (non-hydrogen) atoms. The van der Waals surface area contributed by atoms with Crippen LogP contribution in [-0.4, -0.2) is 26.7 Å². The van der Waals surface area contributed by atoms with Crippen molar-refractivity contribution in [2.24, 2.45) is 0 Å². The standard InChI is InChI=1S/C11H11NO4S/c12-7-8-16-11(13)6-9-17(14,15)10-4-2-1-3-5-10/h1-5H,6,8-9H2. The number of ether oxygens (including phenoxy) is 1. The van der Waals surface area contributed by atoms with E-state index in [1.54, 1.807) is 24.3 Å². The molecule has 0 bridgehead atoms. The Morgan fingerprint density at radius 2 is 1.94 bits per heavy atom. The molecule has 1 rings (SSSR count).